The van der Waals surface area contributed by atoms with E-state index in [9.17, 15) is 9.59 Å². The summed E-state index contributed by atoms with van der Waals surface area (Å²) in [6.45, 7) is 3.22. The number of aromatic amines is 1. The first-order chi connectivity index (χ1) is 16.0. The van der Waals surface area contributed by atoms with Crippen LogP contribution in [0.15, 0.2) is 41.3 Å². The molecule has 2 N–H and O–H groups in total. The van der Waals surface area contributed by atoms with Crippen LogP contribution in [0.25, 0.3) is 10.9 Å². The van der Waals surface area contributed by atoms with E-state index < -0.39 is 5.60 Å². The van der Waals surface area contributed by atoms with Crippen molar-refractivity contribution in [2.24, 2.45) is 0 Å². The van der Waals surface area contributed by atoms with Gasteiger partial charge in [-0.25, -0.2) is 9.78 Å². The molecular weight excluding hydrogens is 490 g/mol. The van der Waals surface area contributed by atoms with Gasteiger partial charge in [0.1, 0.15) is 16.0 Å². The normalized spacial score (nSPS) is 19.1. The van der Waals surface area contributed by atoms with E-state index in [4.69, 9.17) is 9.47 Å². The van der Waals surface area contributed by atoms with Gasteiger partial charge in [-0.2, -0.15) is 5.10 Å². The maximum absolute atomic E-state index is 13.3. The fraction of sp³-hybridized carbons (Fsp3) is 0.391. The number of likely N-dealkylation sites (tertiary alicyclic amines) is 1. The van der Waals surface area contributed by atoms with Crippen molar-refractivity contribution in [3.05, 3.63) is 52.4 Å². The number of carbonyl (C=O) groups excluding carboxylic acids is 2. The molecule has 0 aliphatic carbocycles. The van der Waals surface area contributed by atoms with Gasteiger partial charge in [0.15, 0.2) is 0 Å². The van der Waals surface area contributed by atoms with E-state index >= 15 is 0 Å². The number of hydrogen-bond donors (Lipinski definition) is 2. The molecule has 9 nitrogen and oxygen atoms in total. The molecule has 2 aliphatic rings. The van der Waals surface area contributed by atoms with Gasteiger partial charge in [0.25, 0.3) is 5.91 Å². The average Bonchev–Trinajstić information content (AvgIpc) is 3.29. The number of halogens is 1. The Balaban J connectivity index is 1.41. The zero-order valence-electron chi connectivity index (χ0n) is 18.1. The van der Waals surface area contributed by atoms with Crippen LogP contribution in [0.4, 0.5) is 4.79 Å². The summed E-state index contributed by atoms with van der Waals surface area (Å²) in [5, 5.41) is 11.1. The third-order valence-corrected chi connectivity index (χ3v) is 6.80. The molecule has 10 heteroatoms. The number of nitrogens with zero attached hydrogens (tertiary/aromatic N) is 3. The number of rotatable bonds is 3. The molecule has 2 amide bonds. The first kappa shape index (κ1) is 21.7. The van der Waals surface area contributed by atoms with Gasteiger partial charge in [0.2, 0.25) is 0 Å². The van der Waals surface area contributed by atoms with Crippen LogP contribution in [0.3, 0.4) is 0 Å². The molecule has 0 bridgehead atoms. The van der Waals surface area contributed by atoms with Gasteiger partial charge in [-0.3, -0.25) is 9.89 Å². The number of aromatic nitrogens is 3. The summed E-state index contributed by atoms with van der Waals surface area (Å²) in [7, 11) is 0. The van der Waals surface area contributed by atoms with E-state index in [0.717, 1.165) is 10.9 Å². The van der Waals surface area contributed by atoms with Crippen LogP contribution >= 0.6 is 15.9 Å². The SMILES string of the molecule is CCOC(=O)N1CCC2(CC1)CC(NC(=O)c1cccc3cn[nH]c13)c1cc(Br)ncc1O2. The van der Waals surface area contributed by atoms with Crippen LogP contribution in [0.2, 0.25) is 0 Å². The highest BCUT2D eigenvalue weighted by molar-refractivity contribution is 9.10. The van der Waals surface area contributed by atoms with Crippen molar-refractivity contribution in [1.29, 1.82) is 0 Å². The minimum absolute atomic E-state index is 0.185. The number of para-hydroxylation sites is 1. The summed E-state index contributed by atoms with van der Waals surface area (Å²) in [5.74, 6) is 0.467. The Labute approximate surface area is 199 Å². The molecule has 0 radical (unpaired) electrons. The van der Waals surface area contributed by atoms with E-state index in [1.54, 1.807) is 30.3 Å². The van der Waals surface area contributed by atoms with Gasteiger partial charge in [-0.15, -0.1) is 0 Å². The molecule has 1 saturated heterocycles. The summed E-state index contributed by atoms with van der Waals surface area (Å²) in [5.41, 5.74) is 1.62. The van der Waals surface area contributed by atoms with Crippen LogP contribution in [0.1, 0.15) is 48.1 Å². The number of carbonyl (C=O) groups is 2. The Morgan fingerprint density at radius 3 is 2.94 bits per heavy atom. The standard InChI is InChI=1S/C23H24BrN5O4/c1-2-32-22(31)29-8-6-23(7-9-29)11-17(16-10-19(24)25-13-18(16)33-23)27-21(30)15-5-3-4-14-12-26-28-20(14)15/h3-5,10,12-13,17H,2,6-9,11H2,1H3,(H,26,28)(H,27,30). The predicted octanol–water partition coefficient (Wildman–Crippen LogP) is 3.97. The lowest BCUT2D eigenvalue weighted by Gasteiger charge is -2.46. The number of pyridine rings is 1. The molecule has 1 spiro atoms. The first-order valence-electron chi connectivity index (χ1n) is 11.0. The van der Waals surface area contributed by atoms with E-state index in [2.05, 4.69) is 36.4 Å². The number of piperidine rings is 1. The van der Waals surface area contributed by atoms with E-state index in [-0.39, 0.29) is 18.0 Å². The second kappa shape index (κ2) is 8.66. The summed E-state index contributed by atoms with van der Waals surface area (Å²) < 4.78 is 12.3. The van der Waals surface area contributed by atoms with Crippen LogP contribution in [0, 0.1) is 0 Å². The van der Waals surface area contributed by atoms with E-state index in [1.807, 2.05) is 18.2 Å². The van der Waals surface area contributed by atoms with Gasteiger partial charge < -0.3 is 19.7 Å². The molecule has 4 heterocycles. The molecule has 2 aromatic heterocycles. The number of amides is 2. The van der Waals surface area contributed by atoms with E-state index in [1.165, 1.54) is 0 Å². The largest absolute Gasteiger partial charge is 0.485 e. The van der Waals surface area contributed by atoms with Crippen molar-refractivity contribution in [3.8, 4) is 5.75 Å². The maximum atomic E-state index is 13.3. The quantitative estimate of drug-likeness (QED) is 0.512. The predicted molar refractivity (Wildman–Crippen MR) is 124 cm³/mol. The second-order valence-corrected chi connectivity index (χ2v) is 9.20. The lowest BCUT2D eigenvalue weighted by atomic mass is 9.81. The van der Waals surface area contributed by atoms with Crippen molar-refractivity contribution in [1.82, 2.24) is 25.4 Å². The van der Waals surface area contributed by atoms with Crippen molar-refractivity contribution in [2.75, 3.05) is 19.7 Å². The third kappa shape index (κ3) is 4.15. The Hall–Kier alpha value is -3.14. The molecular formula is C23H24BrN5O4. The summed E-state index contributed by atoms with van der Waals surface area (Å²) in [4.78, 5) is 31.5. The highest BCUT2D eigenvalue weighted by Crippen LogP contribution is 2.44. The van der Waals surface area contributed by atoms with Gasteiger partial charge >= 0.3 is 6.09 Å². The number of fused-ring (bicyclic) bond motifs is 2. The lowest BCUT2D eigenvalue weighted by molar-refractivity contribution is -0.0236. The number of H-pyrrole nitrogens is 1. The highest BCUT2D eigenvalue weighted by atomic mass is 79.9. The Morgan fingerprint density at radius 2 is 2.15 bits per heavy atom. The topological polar surface area (TPSA) is 109 Å². The fourth-order valence-electron chi connectivity index (χ4n) is 4.69. The van der Waals surface area contributed by atoms with Gasteiger partial charge in [-0.1, -0.05) is 12.1 Å². The summed E-state index contributed by atoms with van der Waals surface area (Å²) >= 11 is 3.43. The van der Waals surface area contributed by atoms with Crippen LogP contribution < -0.4 is 10.1 Å². The Morgan fingerprint density at radius 1 is 1.33 bits per heavy atom. The fourth-order valence-corrected chi connectivity index (χ4v) is 5.04. The minimum Gasteiger partial charge on any atom is -0.485 e. The molecule has 1 fully saturated rings. The lowest BCUT2D eigenvalue weighted by Crippen LogP contribution is -2.53. The Bertz CT molecular complexity index is 1200. The molecule has 2 aliphatic heterocycles. The molecule has 0 saturated carbocycles. The average molecular weight is 514 g/mol. The van der Waals surface area contributed by atoms with Crippen molar-refractivity contribution in [3.63, 3.8) is 0 Å². The number of hydrogen-bond acceptors (Lipinski definition) is 6. The van der Waals surface area contributed by atoms with Crippen molar-refractivity contribution in [2.45, 2.75) is 37.8 Å². The van der Waals surface area contributed by atoms with Gasteiger partial charge in [0.05, 0.1) is 36.1 Å². The summed E-state index contributed by atoms with van der Waals surface area (Å²) in [6, 6.07) is 7.16. The Kier molecular flexibility index (Phi) is 5.69. The molecule has 1 unspecified atom stereocenters. The van der Waals surface area contributed by atoms with Crippen LogP contribution in [-0.4, -0.2) is 57.4 Å². The molecule has 1 aromatic carbocycles. The third-order valence-electron chi connectivity index (χ3n) is 6.37. The number of benzene rings is 1. The molecule has 3 aromatic rings. The van der Waals surface area contributed by atoms with Crippen molar-refractivity contribution >= 4 is 38.8 Å². The maximum Gasteiger partial charge on any atom is 0.409 e. The van der Waals surface area contributed by atoms with Gasteiger partial charge in [-0.05, 0) is 35.0 Å². The minimum atomic E-state index is -0.497. The number of ether oxygens (including phenoxy) is 2. The van der Waals surface area contributed by atoms with Crippen LogP contribution in [0.5, 0.6) is 5.75 Å². The van der Waals surface area contributed by atoms with Gasteiger partial charge in [0, 0.05) is 43.3 Å². The zero-order chi connectivity index (χ0) is 23.0. The molecule has 172 valence electrons. The second-order valence-electron chi connectivity index (χ2n) is 8.39. The van der Waals surface area contributed by atoms with Crippen LogP contribution in [-0.2, 0) is 4.74 Å². The first-order valence-corrected chi connectivity index (χ1v) is 11.8. The molecule has 5 rings (SSSR count). The molecule has 1 atom stereocenters. The van der Waals surface area contributed by atoms with Crippen molar-refractivity contribution < 1.29 is 19.1 Å². The monoisotopic (exact) mass is 513 g/mol. The smallest absolute Gasteiger partial charge is 0.409 e. The highest BCUT2D eigenvalue weighted by Gasteiger charge is 2.45. The van der Waals surface area contributed by atoms with E-state index in [0.29, 0.717) is 60.4 Å². The number of nitrogens with one attached hydrogen (secondary N) is 2. The summed E-state index contributed by atoms with van der Waals surface area (Å²) in [6.07, 6.45) is 4.97. The molecule has 33 heavy (non-hydrogen) atoms. The zero-order valence-corrected chi connectivity index (χ0v) is 19.7.